The third-order valence-electron chi connectivity index (χ3n) is 8.61. The van der Waals surface area contributed by atoms with E-state index < -0.39 is 17.9 Å². The molecule has 2 aromatic carbocycles. The molecule has 2 aromatic rings. The summed E-state index contributed by atoms with van der Waals surface area (Å²) in [5.41, 5.74) is 2.47. The molecule has 1 amide bonds. The molecule has 0 saturated carbocycles. The van der Waals surface area contributed by atoms with Gasteiger partial charge in [-0.1, -0.05) is 54.4 Å². The van der Waals surface area contributed by atoms with Gasteiger partial charge in [-0.15, -0.1) is 0 Å². The lowest BCUT2D eigenvalue weighted by Gasteiger charge is -2.44. The van der Waals surface area contributed by atoms with E-state index in [1.807, 2.05) is 54.8 Å². The lowest BCUT2D eigenvalue weighted by atomic mass is 9.87. The number of benzene rings is 2. The molecule has 2 aliphatic rings. The van der Waals surface area contributed by atoms with Crippen LogP contribution in [0, 0.1) is 18.7 Å². The van der Waals surface area contributed by atoms with Crippen LogP contribution >= 0.6 is 11.6 Å². The number of aryl methyl sites for hydroxylation is 1. The van der Waals surface area contributed by atoms with Gasteiger partial charge in [0.05, 0.1) is 5.92 Å². The Morgan fingerprint density at radius 1 is 1.05 bits per heavy atom. The van der Waals surface area contributed by atoms with Crippen molar-refractivity contribution in [3.05, 3.63) is 70.0 Å². The molecule has 39 heavy (non-hydrogen) atoms. The van der Waals surface area contributed by atoms with Gasteiger partial charge in [-0.3, -0.25) is 19.4 Å². The van der Waals surface area contributed by atoms with Crippen LogP contribution in [0.15, 0.2) is 42.5 Å². The first-order valence-corrected chi connectivity index (χ1v) is 14.2. The molecule has 212 valence electrons. The first-order valence-electron chi connectivity index (χ1n) is 13.8. The highest BCUT2D eigenvalue weighted by Gasteiger charge is 2.46. The summed E-state index contributed by atoms with van der Waals surface area (Å²) >= 11 is 6.02. The Bertz CT molecular complexity index is 1200. The number of nitrogens with zero attached hydrogens (tertiary/aromatic N) is 3. The molecule has 4 rings (SSSR count). The molecule has 2 saturated heterocycles. The largest absolute Gasteiger partial charge is 0.480 e. The molecule has 0 spiro atoms. The lowest BCUT2D eigenvalue weighted by Crippen LogP contribution is -2.60. The molecule has 5 atom stereocenters. The molecule has 0 bridgehead atoms. The standard InChI is InChI=1S/C31H41ClFN3O3/c1-19-7-9-22(10-8-19)21(3)28(30(38)39)34-13-14-36(20(2)16-34)29(37)26-18-35(31(4,5)6)17-25(26)24-12-11-23(32)15-27(24)33/h7-12,15,20-21,25-26,28H,13-14,16-18H2,1-6H3,(H,38,39)/t20-,21-,25-,26+,28-/m0/s1. The van der Waals surface area contributed by atoms with Crippen molar-refractivity contribution < 1.29 is 19.1 Å². The van der Waals surface area contributed by atoms with Gasteiger partial charge in [-0.25, -0.2) is 4.39 Å². The Labute approximate surface area is 236 Å². The maximum atomic E-state index is 15.0. The Balaban J connectivity index is 1.53. The van der Waals surface area contributed by atoms with Crippen LogP contribution in [0.4, 0.5) is 4.39 Å². The van der Waals surface area contributed by atoms with Gasteiger partial charge in [0.1, 0.15) is 11.9 Å². The van der Waals surface area contributed by atoms with E-state index in [0.29, 0.717) is 43.3 Å². The van der Waals surface area contributed by atoms with Crippen LogP contribution in [0.2, 0.25) is 5.02 Å². The summed E-state index contributed by atoms with van der Waals surface area (Å²) in [7, 11) is 0. The Kier molecular flexibility index (Phi) is 8.74. The second-order valence-corrected chi connectivity index (χ2v) is 12.7. The predicted octanol–water partition coefficient (Wildman–Crippen LogP) is 5.39. The van der Waals surface area contributed by atoms with Gasteiger partial charge in [0, 0.05) is 61.2 Å². The number of likely N-dealkylation sites (tertiary alicyclic amines) is 1. The van der Waals surface area contributed by atoms with Crippen LogP contribution in [0.25, 0.3) is 0 Å². The molecule has 0 unspecified atom stereocenters. The van der Waals surface area contributed by atoms with Crippen molar-refractivity contribution in [3.63, 3.8) is 0 Å². The van der Waals surface area contributed by atoms with Crippen molar-refractivity contribution in [2.24, 2.45) is 5.92 Å². The number of hydrogen-bond donors (Lipinski definition) is 1. The minimum absolute atomic E-state index is 0.00621. The maximum Gasteiger partial charge on any atom is 0.321 e. The van der Waals surface area contributed by atoms with Crippen LogP contribution < -0.4 is 0 Å². The summed E-state index contributed by atoms with van der Waals surface area (Å²) in [5.74, 6) is -2.11. The number of carbonyl (C=O) groups excluding carboxylic acids is 1. The van der Waals surface area contributed by atoms with Crippen molar-refractivity contribution in [3.8, 4) is 0 Å². The zero-order valence-electron chi connectivity index (χ0n) is 23.8. The lowest BCUT2D eigenvalue weighted by molar-refractivity contribution is -0.147. The molecule has 2 heterocycles. The third-order valence-corrected chi connectivity index (χ3v) is 8.85. The second kappa shape index (κ2) is 11.6. The summed E-state index contributed by atoms with van der Waals surface area (Å²) in [6, 6.07) is 11.9. The van der Waals surface area contributed by atoms with E-state index in [2.05, 4.69) is 25.7 Å². The fourth-order valence-corrected chi connectivity index (χ4v) is 6.40. The van der Waals surface area contributed by atoms with Crippen LogP contribution in [0.1, 0.15) is 63.1 Å². The number of carbonyl (C=O) groups is 2. The van der Waals surface area contributed by atoms with Crippen LogP contribution in [0.5, 0.6) is 0 Å². The van der Waals surface area contributed by atoms with E-state index in [4.69, 9.17) is 11.6 Å². The average molecular weight is 558 g/mol. The number of hydrogen-bond acceptors (Lipinski definition) is 4. The number of rotatable bonds is 6. The summed E-state index contributed by atoms with van der Waals surface area (Å²) in [6.07, 6.45) is 0. The zero-order valence-corrected chi connectivity index (χ0v) is 24.6. The van der Waals surface area contributed by atoms with Crippen molar-refractivity contribution >= 4 is 23.5 Å². The Hall–Kier alpha value is -2.48. The highest BCUT2D eigenvalue weighted by Crippen LogP contribution is 2.39. The molecule has 6 nitrogen and oxygen atoms in total. The topological polar surface area (TPSA) is 64.1 Å². The van der Waals surface area contributed by atoms with E-state index in [1.165, 1.54) is 6.07 Å². The average Bonchev–Trinajstić information content (AvgIpc) is 3.30. The van der Waals surface area contributed by atoms with E-state index in [0.717, 1.165) is 11.1 Å². The van der Waals surface area contributed by atoms with Gasteiger partial charge >= 0.3 is 5.97 Å². The van der Waals surface area contributed by atoms with Gasteiger partial charge in [-0.05, 0) is 57.9 Å². The first-order chi connectivity index (χ1) is 18.3. The summed E-state index contributed by atoms with van der Waals surface area (Å²) < 4.78 is 15.0. The molecule has 2 fully saturated rings. The van der Waals surface area contributed by atoms with Gasteiger partial charge in [0.2, 0.25) is 5.91 Å². The van der Waals surface area contributed by atoms with Crippen molar-refractivity contribution in [2.75, 3.05) is 32.7 Å². The fourth-order valence-electron chi connectivity index (χ4n) is 6.24. The predicted molar refractivity (Wildman–Crippen MR) is 153 cm³/mol. The van der Waals surface area contributed by atoms with Crippen molar-refractivity contribution in [2.45, 2.75) is 71.0 Å². The number of carboxylic acids is 1. The van der Waals surface area contributed by atoms with Gasteiger partial charge in [0.15, 0.2) is 0 Å². The Morgan fingerprint density at radius 3 is 2.28 bits per heavy atom. The number of carboxylic acid groups (broad SMARTS) is 1. The van der Waals surface area contributed by atoms with Crippen LogP contribution in [0.3, 0.4) is 0 Å². The van der Waals surface area contributed by atoms with Gasteiger partial charge in [-0.2, -0.15) is 0 Å². The molecule has 0 aliphatic carbocycles. The summed E-state index contributed by atoms with van der Waals surface area (Å²) in [5, 5.41) is 10.5. The second-order valence-electron chi connectivity index (χ2n) is 12.3. The summed E-state index contributed by atoms with van der Waals surface area (Å²) in [6.45, 7) is 14.8. The van der Waals surface area contributed by atoms with Crippen molar-refractivity contribution in [1.29, 1.82) is 0 Å². The zero-order chi connectivity index (χ0) is 28.6. The molecule has 2 aliphatic heterocycles. The van der Waals surface area contributed by atoms with Crippen LogP contribution in [-0.2, 0) is 9.59 Å². The van der Waals surface area contributed by atoms with E-state index >= 15 is 4.39 Å². The SMILES string of the molecule is Cc1ccc([C@H](C)[C@@H](C(=O)O)N2CCN(C(=O)[C@@H]3CN(C(C)(C)C)C[C@H]3c3ccc(Cl)cc3F)[C@@H](C)C2)cc1. The van der Waals surface area contributed by atoms with Gasteiger partial charge in [0.25, 0.3) is 0 Å². The summed E-state index contributed by atoms with van der Waals surface area (Å²) in [4.78, 5) is 32.6. The van der Waals surface area contributed by atoms with E-state index in [1.54, 1.807) is 12.1 Å². The molecule has 0 aromatic heterocycles. The minimum Gasteiger partial charge on any atom is -0.480 e. The molecule has 0 radical (unpaired) electrons. The van der Waals surface area contributed by atoms with E-state index in [-0.39, 0.29) is 35.1 Å². The monoisotopic (exact) mass is 557 g/mol. The molecular formula is C31H41ClFN3O3. The fraction of sp³-hybridized carbons (Fsp3) is 0.548. The third kappa shape index (κ3) is 6.31. The number of amides is 1. The number of halogens is 2. The normalized spacial score (nSPS) is 24.5. The highest BCUT2D eigenvalue weighted by molar-refractivity contribution is 6.30. The maximum absolute atomic E-state index is 15.0. The molecule has 8 heteroatoms. The van der Waals surface area contributed by atoms with Crippen LogP contribution in [-0.4, -0.2) is 82.0 Å². The van der Waals surface area contributed by atoms with E-state index in [9.17, 15) is 14.7 Å². The number of aliphatic carboxylic acids is 1. The minimum atomic E-state index is -0.857. The highest BCUT2D eigenvalue weighted by atomic mass is 35.5. The number of piperazine rings is 1. The molecular weight excluding hydrogens is 517 g/mol. The molecule has 1 N–H and O–H groups in total. The van der Waals surface area contributed by atoms with Crippen molar-refractivity contribution in [1.82, 2.24) is 14.7 Å². The smallest absolute Gasteiger partial charge is 0.321 e. The first kappa shape index (κ1) is 29.5. The van der Waals surface area contributed by atoms with Gasteiger partial charge < -0.3 is 10.0 Å². The quantitative estimate of drug-likeness (QED) is 0.516. The Morgan fingerprint density at radius 2 is 1.72 bits per heavy atom.